The second-order valence-electron chi connectivity index (χ2n) is 10.8. The molecule has 37 heavy (non-hydrogen) atoms. The fourth-order valence-electron chi connectivity index (χ4n) is 3.50. The Morgan fingerprint density at radius 2 is 1.54 bits per heavy atom. The largest absolute Gasteiger partial charge is 0.492 e. The van der Waals surface area contributed by atoms with Crippen LogP contribution in [-0.4, -0.2) is 55.7 Å². The van der Waals surface area contributed by atoms with Gasteiger partial charge in [-0.3, -0.25) is 4.79 Å². The lowest BCUT2D eigenvalue weighted by Gasteiger charge is -2.21. The van der Waals surface area contributed by atoms with Crippen molar-refractivity contribution in [3.63, 3.8) is 0 Å². The van der Waals surface area contributed by atoms with E-state index in [0.29, 0.717) is 37.5 Å². The van der Waals surface area contributed by atoms with Gasteiger partial charge in [0.05, 0.1) is 19.1 Å². The SMILES string of the molecule is CCOc1nc(-c2ccc(-c3ccc(OCC(C)(C)C(=O)OC)cc3)cc2)n(COCC[Si](C)(C)C)n1. The highest BCUT2D eigenvalue weighted by atomic mass is 28.3. The summed E-state index contributed by atoms with van der Waals surface area (Å²) in [6.07, 6.45) is 0. The molecule has 2 aromatic carbocycles. The molecule has 0 N–H and O–H groups in total. The summed E-state index contributed by atoms with van der Waals surface area (Å²) >= 11 is 0. The molecular weight excluding hydrogens is 486 g/mol. The zero-order chi connectivity index (χ0) is 27.1. The standard InChI is InChI=1S/C28H39N3O5Si/c1-8-35-27-29-25(31(30-27)20-34-17-18-37(5,6)7)23-11-9-21(10-12-23)22-13-15-24(16-14-22)36-19-28(2,3)26(32)33-4/h9-16H,8,17-20H2,1-7H3. The number of aromatic nitrogens is 3. The van der Waals surface area contributed by atoms with Gasteiger partial charge in [-0.1, -0.05) is 56.0 Å². The van der Waals surface area contributed by atoms with Gasteiger partial charge in [0.25, 0.3) is 0 Å². The number of benzene rings is 2. The van der Waals surface area contributed by atoms with Crippen molar-refractivity contribution in [3.05, 3.63) is 48.5 Å². The number of carbonyl (C=O) groups excluding carboxylic acids is 1. The fourth-order valence-corrected chi connectivity index (χ4v) is 4.26. The molecule has 1 aromatic heterocycles. The van der Waals surface area contributed by atoms with Crippen molar-refractivity contribution in [2.75, 3.05) is 26.9 Å². The van der Waals surface area contributed by atoms with Crippen LogP contribution in [0.2, 0.25) is 25.7 Å². The van der Waals surface area contributed by atoms with Gasteiger partial charge in [0.2, 0.25) is 0 Å². The van der Waals surface area contributed by atoms with Gasteiger partial charge >= 0.3 is 12.0 Å². The molecule has 3 rings (SSSR count). The van der Waals surface area contributed by atoms with Crippen LogP contribution in [0.15, 0.2) is 48.5 Å². The average molecular weight is 526 g/mol. The Morgan fingerprint density at radius 3 is 2.11 bits per heavy atom. The molecule has 0 unspecified atom stereocenters. The summed E-state index contributed by atoms with van der Waals surface area (Å²) in [5.74, 6) is 1.11. The monoisotopic (exact) mass is 525 g/mol. The first-order valence-electron chi connectivity index (χ1n) is 12.6. The minimum absolute atomic E-state index is 0.236. The molecule has 0 amide bonds. The molecule has 200 valence electrons. The molecule has 8 nitrogen and oxygen atoms in total. The zero-order valence-corrected chi connectivity index (χ0v) is 24.0. The highest BCUT2D eigenvalue weighted by molar-refractivity contribution is 6.76. The molecule has 0 atom stereocenters. The molecule has 3 aromatic rings. The van der Waals surface area contributed by atoms with E-state index < -0.39 is 13.5 Å². The molecule has 0 saturated heterocycles. The minimum Gasteiger partial charge on any atom is -0.492 e. The summed E-state index contributed by atoms with van der Waals surface area (Å²) in [5, 5.41) is 4.48. The molecule has 0 aliphatic rings. The Kier molecular flexibility index (Phi) is 9.50. The van der Waals surface area contributed by atoms with E-state index in [0.717, 1.165) is 22.7 Å². The number of carbonyl (C=O) groups is 1. The average Bonchev–Trinajstić information content (AvgIpc) is 3.27. The Morgan fingerprint density at radius 1 is 0.946 bits per heavy atom. The molecule has 0 aliphatic heterocycles. The summed E-state index contributed by atoms with van der Waals surface area (Å²) < 4.78 is 23.9. The van der Waals surface area contributed by atoms with Crippen molar-refractivity contribution >= 4 is 14.0 Å². The van der Waals surface area contributed by atoms with Gasteiger partial charge in [-0.2, -0.15) is 4.98 Å². The highest BCUT2D eigenvalue weighted by Gasteiger charge is 2.29. The predicted octanol–water partition coefficient (Wildman–Crippen LogP) is 5.90. The molecule has 0 spiro atoms. The van der Waals surface area contributed by atoms with Gasteiger partial charge in [0.15, 0.2) is 5.82 Å². The number of hydrogen-bond donors (Lipinski definition) is 0. The first-order chi connectivity index (χ1) is 17.5. The summed E-state index contributed by atoms with van der Waals surface area (Å²) in [6, 6.07) is 17.4. The first-order valence-corrected chi connectivity index (χ1v) is 16.3. The van der Waals surface area contributed by atoms with E-state index in [4.69, 9.17) is 18.9 Å². The number of esters is 1. The van der Waals surface area contributed by atoms with Crippen molar-refractivity contribution in [2.24, 2.45) is 5.41 Å². The summed E-state index contributed by atoms with van der Waals surface area (Å²) in [6.45, 7) is 14.3. The third-order valence-electron chi connectivity index (χ3n) is 5.80. The summed E-state index contributed by atoms with van der Waals surface area (Å²) in [7, 11) is 0.220. The number of nitrogens with zero attached hydrogens (tertiary/aromatic N) is 3. The van der Waals surface area contributed by atoms with Crippen LogP contribution in [-0.2, 0) is 21.0 Å². The molecule has 1 heterocycles. The second kappa shape index (κ2) is 12.4. The maximum Gasteiger partial charge on any atom is 0.336 e. The van der Waals surface area contributed by atoms with Crippen molar-refractivity contribution in [3.8, 4) is 34.3 Å². The quantitative estimate of drug-likeness (QED) is 0.156. The lowest BCUT2D eigenvalue weighted by atomic mass is 9.95. The maximum atomic E-state index is 11.9. The smallest absolute Gasteiger partial charge is 0.336 e. The van der Waals surface area contributed by atoms with Crippen LogP contribution in [0.25, 0.3) is 22.5 Å². The summed E-state index contributed by atoms with van der Waals surface area (Å²) in [4.78, 5) is 16.4. The van der Waals surface area contributed by atoms with E-state index in [1.807, 2.05) is 43.3 Å². The molecule has 9 heteroatoms. The minimum atomic E-state index is -1.16. The number of hydrogen-bond acceptors (Lipinski definition) is 7. The lowest BCUT2D eigenvalue weighted by molar-refractivity contribution is -0.152. The lowest BCUT2D eigenvalue weighted by Crippen LogP contribution is -2.32. The van der Waals surface area contributed by atoms with E-state index in [-0.39, 0.29) is 12.6 Å². The van der Waals surface area contributed by atoms with Crippen molar-refractivity contribution in [1.29, 1.82) is 0 Å². The van der Waals surface area contributed by atoms with Crippen molar-refractivity contribution in [1.82, 2.24) is 14.8 Å². The van der Waals surface area contributed by atoms with Gasteiger partial charge in [0, 0.05) is 20.2 Å². The van der Waals surface area contributed by atoms with E-state index in [1.165, 1.54) is 7.11 Å². The summed E-state index contributed by atoms with van der Waals surface area (Å²) in [5.41, 5.74) is 2.33. The second-order valence-corrected chi connectivity index (χ2v) is 16.4. The first kappa shape index (κ1) is 28.4. The predicted molar refractivity (Wildman–Crippen MR) is 147 cm³/mol. The number of methoxy groups -OCH3 is 1. The third kappa shape index (κ3) is 8.16. The van der Waals surface area contributed by atoms with Gasteiger partial charge in [0.1, 0.15) is 19.1 Å². The van der Waals surface area contributed by atoms with E-state index in [1.54, 1.807) is 18.5 Å². The number of rotatable bonds is 13. The molecule has 0 fully saturated rings. The topological polar surface area (TPSA) is 84.7 Å². The molecule has 0 saturated carbocycles. The van der Waals surface area contributed by atoms with Crippen LogP contribution in [0.5, 0.6) is 11.8 Å². The fraction of sp³-hybridized carbons (Fsp3) is 0.464. The third-order valence-corrected chi connectivity index (χ3v) is 7.51. The molecule has 0 bridgehead atoms. The van der Waals surface area contributed by atoms with Crippen LogP contribution in [0, 0.1) is 5.41 Å². The zero-order valence-electron chi connectivity index (χ0n) is 23.0. The maximum absolute atomic E-state index is 11.9. The van der Waals surface area contributed by atoms with Crippen LogP contribution in [0.3, 0.4) is 0 Å². The molecule has 0 radical (unpaired) electrons. The Labute approximate surface area is 220 Å². The van der Waals surface area contributed by atoms with E-state index in [9.17, 15) is 4.79 Å². The van der Waals surface area contributed by atoms with Crippen molar-refractivity contribution < 1.29 is 23.7 Å². The Bertz CT molecular complexity index is 1150. The molecule has 0 aliphatic carbocycles. The van der Waals surface area contributed by atoms with Gasteiger partial charge < -0.3 is 18.9 Å². The van der Waals surface area contributed by atoms with Gasteiger partial charge in [-0.05, 0) is 50.1 Å². The van der Waals surface area contributed by atoms with Gasteiger partial charge in [-0.25, -0.2) is 4.68 Å². The highest BCUT2D eigenvalue weighted by Crippen LogP contribution is 2.27. The van der Waals surface area contributed by atoms with Crippen LogP contribution < -0.4 is 9.47 Å². The van der Waals surface area contributed by atoms with E-state index in [2.05, 4.69) is 41.9 Å². The number of ether oxygens (including phenoxy) is 4. The van der Waals surface area contributed by atoms with Crippen LogP contribution in [0.1, 0.15) is 20.8 Å². The van der Waals surface area contributed by atoms with Crippen LogP contribution in [0.4, 0.5) is 0 Å². The Hall–Kier alpha value is -3.17. The van der Waals surface area contributed by atoms with Crippen LogP contribution >= 0.6 is 0 Å². The van der Waals surface area contributed by atoms with Gasteiger partial charge in [-0.15, -0.1) is 5.10 Å². The van der Waals surface area contributed by atoms with Crippen molar-refractivity contribution in [2.45, 2.75) is 53.2 Å². The molecular formula is C28H39N3O5Si. The Balaban J connectivity index is 1.69. The van der Waals surface area contributed by atoms with E-state index >= 15 is 0 Å². The normalized spacial score (nSPS) is 11.9.